The zero-order valence-corrected chi connectivity index (χ0v) is 26.2. The van der Waals surface area contributed by atoms with Gasteiger partial charge in [-0.2, -0.15) is 0 Å². The van der Waals surface area contributed by atoms with Gasteiger partial charge in [-0.05, 0) is 77.0 Å². The van der Waals surface area contributed by atoms with E-state index < -0.39 is 18.2 Å². The van der Waals surface area contributed by atoms with Crippen molar-refractivity contribution in [3.8, 4) is 0 Å². The summed E-state index contributed by atoms with van der Waals surface area (Å²) in [6.07, 6.45) is 35.1. The first-order valence-electron chi connectivity index (χ1n) is 16.8. The molecule has 0 bridgehead atoms. The van der Waals surface area contributed by atoms with E-state index in [1.54, 1.807) is 0 Å². The number of carbonyl (C=O) groups excluding carboxylic acids is 1. The number of allylic oxidation sites excluding steroid dienone is 6. The van der Waals surface area contributed by atoms with E-state index in [0.717, 1.165) is 51.4 Å². The molecule has 5 nitrogen and oxygen atoms in total. The summed E-state index contributed by atoms with van der Waals surface area (Å²) < 4.78 is 0. The molecule has 3 unspecified atom stereocenters. The zero-order valence-electron chi connectivity index (χ0n) is 26.2. The summed E-state index contributed by atoms with van der Waals surface area (Å²) in [6.45, 7) is 4.09. The maximum atomic E-state index is 12.3. The third-order valence-electron chi connectivity index (χ3n) is 7.44. The van der Waals surface area contributed by atoms with E-state index in [4.69, 9.17) is 0 Å². The summed E-state index contributed by atoms with van der Waals surface area (Å²) in [6, 6.07) is -0.836. The number of rotatable bonds is 29. The van der Waals surface area contributed by atoms with E-state index in [1.165, 1.54) is 77.0 Å². The maximum absolute atomic E-state index is 12.3. The highest BCUT2D eigenvalue weighted by Gasteiger charge is 2.26. The van der Waals surface area contributed by atoms with Gasteiger partial charge in [-0.1, -0.05) is 108 Å². The largest absolute Gasteiger partial charge is 0.394 e. The topological polar surface area (TPSA) is 89.8 Å². The predicted molar refractivity (Wildman–Crippen MR) is 171 cm³/mol. The minimum atomic E-state index is -1.17. The lowest BCUT2D eigenvalue weighted by molar-refractivity contribution is -0.124. The monoisotopic (exact) mass is 563 g/mol. The lowest BCUT2D eigenvalue weighted by Crippen LogP contribution is -2.50. The molecule has 0 radical (unpaired) electrons. The van der Waals surface area contributed by atoms with E-state index in [0.29, 0.717) is 12.8 Å². The summed E-state index contributed by atoms with van der Waals surface area (Å²) in [5.74, 6) is -0.179. The van der Waals surface area contributed by atoms with Crippen molar-refractivity contribution in [3.63, 3.8) is 0 Å². The number of unbranched alkanes of at least 4 members (excludes halogenated alkanes) is 15. The Morgan fingerprint density at radius 3 is 1.55 bits per heavy atom. The van der Waals surface area contributed by atoms with Crippen molar-refractivity contribution in [1.29, 1.82) is 0 Å². The average molecular weight is 564 g/mol. The maximum Gasteiger partial charge on any atom is 0.220 e. The first-order chi connectivity index (χ1) is 19.6. The smallest absolute Gasteiger partial charge is 0.220 e. The Morgan fingerprint density at radius 1 is 0.600 bits per heavy atom. The highest BCUT2D eigenvalue weighted by Crippen LogP contribution is 2.12. The highest BCUT2D eigenvalue weighted by atomic mass is 16.3. The Morgan fingerprint density at radius 2 is 1.02 bits per heavy atom. The Labute approximate surface area is 247 Å². The van der Waals surface area contributed by atoms with E-state index in [-0.39, 0.29) is 12.5 Å². The number of nitrogens with one attached hydrogen (secondary N) is 1. The number of aliphatic hydroxyl groups is 3. The molecular weight excluding hydrogens is 498 g/mol. The summed E-state index contributed by atoms with van der Waals surface area (Å²) in [5, 5.41) is 33.2. The van der Waals surface area contributed by atoms with Crippen molar-refractivity contribution in [1.82, 2.24) is 5.32 Å². The molecule has 0 fully saturated rings. The van der Waals surface area contributed by atoms with Crippen molar-refractivity contribution in [3.05, 3.63) is 36.5 Å². The van der Waals surface area contributed by atoms with E-state index in [1.807, 2.05) is 0 Å². The quantitative estimate of drug-likeness (QED) is 0.0543. The summed E-state index contributed by atoms with van der Waals surface area (Å²) in [5.41, 5.74) is 0. The molecule has 0 aromatic rings. The van der Waals surface area contributed by atoms with Gasteiger partial charge in [-0.25, -0.2) is 0 Å². The van der Waals surface area contributed by atoms with Gasteiger partial charge in [-0.3, -0.25) is 4.79 Å². The van der Waals surface area contributed by atoms with Gasteiger partial charge in [0.05, 0.1) is 18.8 Å². The highest BCUT2D eigenvalue weighted by molar-refractivity contribution is 5.76. The van der Waals surface area contributed by atoms with Gasteiger partial charge < -0.3 is 20.6 Å². The molecule has 0 rings (SSSR count). The minimum Gasteiger partial charge on any atom is -0.394 e. The molecule has 4 N–H and O–H groups in total. The van der Waals surface area contributed by atoms with Crippen LogP contribution in [0.15, 0.2) is 36.5 Å². The number of amides is 1. The van der Waals surface area contributed by atoms with Crippen molar-refractivity contribution >= 4 is 5.91 Å². The van der Waals surface area contributed by atoms with Crippen molar-refractivity contribution in [2.45, 2.75) is 173 Å². The summed E-state index contributed by atoms with van der Waals surface area (Å²) in [7, 11) is 0. The number of hydrogen-bond donors (Lipinski definition) is 4. The van der Waals surface area contributed by atoms with Crippen LogP contribution in [0.2, 0.25) is 0 Å². The van der Waals surface area contributed by atoms with Crippen LogP contribution in [-0.4, -0.2) is 46.1 Å². The SMILES string of the molecule is CCCCCC/C=C/CC/C=C/CCCC(O)C(O)C(CO)NC(=O)CCCCC/C=C\CCCCCCCC. The first kappa shape index (κ1) is 38.6. The second kappa shape index (κ2) is 30.5. The lowest BCUT2D eigenvalue weighted by atomic mass is 10.0. The van der Waals surface area contributed by atoms with Crippen LogP contribution >= 0.6 is 0 Å². The van der Waals surface area contributed by atoms with Gasteiger partial charge in [0.15, 0.2) is 0 Å². The van der Waals surface area contributed by atoms with Gasteiger partial charge in [0.1, 0.15) is 6.10 Å². The molecule has 1 amide bonds. The fourth-order valence-electron chi connectivity index (χ4n) is 4.76. The Balaban J connectivity index is 3.85. The molecule has 0 heterocycles. The van der Waals surface area contributed by atoms with E-state index in [9.17, 15) is 20.1 Å². The molecule has 0 aliphatic heterocycles. The molecule has 0 spiro atoms. The third kappa shape index (κ3) is 25.5. The Kier molecular flexibility index (Phi) is 29.4. The molecule has 3 atom stereocenters. The van der Waals surface area contributed by atoms with E-state index >= 15 is 0 Å². The minimum absolute atomic E-state index is 0.179. The second-order valence-corrected chi connectivity index (χ2v) is 11.3. The van der Waals surface area contributed by atoms with Crippen LogP contribution in [0.5, 0.6) is 0 Å². The molecule has 0 aliphatic carbocycles. The van der Waals surface area contributed by atoms with Crippen LogP contribution in [0.3, 0.4) is 0 Å². The van der Waals surface area contributed by atoms with Crippen molar-refractivity contribution in [2.75, 3.05) is 6.61 Å². The summed E-state index contributed by atoms with van der Waals surface area (Å²) >= 11 is 0. The van der Waals surface area contributed by atoms with Gasteiger partial charge >= 0.3 is 0 Å². The molecule has 0 saturated carbocycles. The predicted octanol–water partition coefficient (Wildman–Crippen LogP) is 8.48. The normalized spacial score (nSPS) is 14.4. The number of carbonyl (C=O) groups is 1. The van der Waals surface area contributed by atoms with Crippen LogP contribution < -0.4 is 5.32 Å². The van der Waals surface area contributed by atoms with Gasteiger partial charge in [0.2, 0.25) is 5.91 Å². The van der Waals surface area contributed by atoms with Crippen LogP contribution in [0, 0.1) is 0 Å². The molecule has 234 valence electrons. The van der Waals surface area contributed by atoms with Gasteiger partial charge in [0.25, 0.3) is 0 Å². The fraction of sp³-hybridized carbons (Fsp3) is 0.800. The van der Waals surface area contributed by atoms with Gasteiger partial charge in [0, 0.05) is 6.42 Å². The average Bonchev–Trinajstić information content (AvgIpc) is 2.96. The standard InChI is InChI=1S/C35H65NO4/c1-3-5-7-9-11-13-15-17-19-21-23-25-27-29-33(38)35(40)32(31-37)36-34(39)30-28-26-24-22-20-18-16-14-12-10-8-6-4-2/h13,15,18,20-21,23,32-33,35,37-38,40H,3-12,14,16-17,19,22,24-31H2,1-2H3,(H,36,39)/b15-13+,20-18-,23-21+. The second-order valence-electron chi connectivity index (χ2n) is 11.3. The molecule has 40 heavy (non-hydrogen) atoms. The van der Waals surface area contributed by atoms with Crippen LogP contribution in [0.25, 0.3) is 0 Å². The van der Waals surface area contributed by atoms with Crippen molar-refractivity contribution in [2.24, 2.45) is 0 Å². The molecular formula is C35H65NO4. The van der Waals surface area contributed by atoms with E-state index in [2.05, 4.69) is 55.6 Å². The fourth-order valence-corrected chi connectivity index (χ4v) is 4.76. The molecule has 0 aliphatic rings. The first-order valence-corrected chi connectivity index (χ1v) is 16.8. The van der Waals surface area contributed by atoms with Gasteiger partial charge in [-0.15, -0.1) is 0 Å². The lowest BCUT2D eigenvalue weighted by Gasteiger charge is -2.26. The number of hydrogen-bond acceptors (Lipinski definition) is 4. The van der Waals surface area contributed by atoms with Crippen molar-refractivity contribution < 1.29 is 20.1 Å². The third-order valence-corrected chi connectivity index (χ3v) is 7.44. The van der Waals surface area contributed by atoms with Crippen LogP contribution in [0.4, 0.5) is 0 Å². The molecule has 0 aromatic carbocycles. The zero-order chi connectivity index (χ0) is 29.5. The summed E-state index contributed by atoms with van der Waals surface area (Å²) in [4.78, 5) is 12.3. The Hall–Kier alpha value is -1.43. The number of aliphatic hydroxyl groups excluding tert-OH is 3. The molecule has 0 aromatic heterocycles. The Bertz CT molecular complexity index is 631. The molecule has 5 heteroatoms. The molecule has 0 saturated heterocycles. The van der Waals surface area contributed by atoms with Crippen LogP contribution in [-0.2, 0) is 4.79 Å². The van der Waals surface area contributed by atoms with Crippen LogP contribution in [0.1, 0.15) is 155 Å².